The summed E-state index contributed by atoms with van der Waals surface area (Å²) in [4.78, 5) is 0. The number of allylic oxidation sites excluding steroid dienone is 3. The second kappa shape index (κ2) is 9.53. The number of rotatable bonds is 2. The second-order valence-corrected chi connectivity index (χ2v) is 0.962. The molecule has 0 saturated carbocycles. The maximum atomic E-state index is 4.98. The summed E-state index contributed by atoms with van der Waals surface area (Å²) in [6, 6.07) is 0. The monoisotopic (exact) mass is 132 g/mol. The van der Waals surface area contributed by atoms with Crippen molar-refractivity contribution in [2.24, 2.45) is 5.73 Å². The van der Waals surface area contributed by atoms with Gasteiger partial charge in [0, 0.05) is 6.08 Å². The summed E-state index contributed by atoms with van der Waals surface area (Å²) in [7, 11) is 0. The summed E-state index contributed by atoms with van der Waals surface area (Å²) in [5.41, 5.74) is 4.98. The van der Waals surface area contributed by atoms with Gasteiger partial charge in [0.05, 0.1) is 0 Å². The van der Waals surface area contributed by atoms with Crippen molar-refractivity contribution < 1.29 is 17.8 Å². The molecule has 8 heavy (non-hydrogen) atoms. The van der Waals surface area contributed by atoms with E-state index in [4.69, 9.17) is 11.1 Å². The Bertz CT molecular complexity index is 96.6. The molecule has 0 aromatic rings. The summed E-state index contributed by atoms with van der Waals surface area (Å²) in [5.74, 6) is 0. The maximum Gasteiger partial charge on any atom is 0.160 e. The quantitative estimate of drug-likeness (QED) is 0.291. The zero-order valence-electron chi connectivity index (χ0n) is 4.42. The van der Waals surface area contributed by atoms with E-state index in [0.29, 0.717) is 0 Å². The van der Waals surface area contributed by atoms with E-state index in [1.807, 2.05) is 0 Å². The summed E-state index contributed by atoms with van der Waals surface area (Å²) >= 11 is 0. The Kier molecular flexibility index (Phi) is 12.2. The third kappa shape index (κ3) is 8.97. The van der Waals surface area contributed by atoms with Gasteiger partial charge in [-0.15, -0.1) is 0 Å². The normalized spacial score (nSPS) is 9.50. The second-order valence-electron chi connectivity index (χ2n) is 0.962. The van der Waals surface area contributed by atoms with Gasteiger partial charge in [-0.25, -0.2) is 0 Å². The Balaban J connectivity index is 0. The fraction of sp³-hybridized carbons (Fsp3) is 0. The summed E-state index contributed by atoms with van der Waals surface area (Å²) < 4.78 is 0. The average Bonchev–Trinajstić information content (AvgIpc) is 1.69. The largest absolute Gasteiger partial charge is 1.00 e. The molecule has 0 aromatic heterocycles. The van der Waals surface area contributed by atoms with E-state index in [2.05, 4.69) is 0 Å². The highest BCUT2D eigenvalue weighted by molar-refractivity contribution is 5.65. The van der Waals surface area contributed by atoms with Crippen molar-refractivity contribution in [3.63, 3.8) is 0 Å². The molecule has 0 aliphatic carbocycles. The van der Waals surface area contributed by atoms with Crippen LogP contribution in [0.15, 0.2) is 24.4 Å². The minimum Gasteiger partial charge on any atom is -1.00 e. The molecule has 0 saturated heterocycles. The highest BCUT2D eigenvalue weighted by Crippen LogP contribution is 1.65. The zero-order valence-corrected chi connectivity index (χ0v) is 5.18. The van der Waals surface area contributed by atoms with Crippen molar-refractivity contribution in [3.8, 4) is 0 Å². The van der Waals surface area contributed by atoms with Crippen molar-refractivity contribution in [3.05, 3.63) is 24.4 Å². The molecule has 2 nitrogen and oxygen atoms in total. The van der Waals surface area contributed by atoms with Gasteiger partial charge in [0.25, 0.3) is 0 Å². The molecule has 0 bridgehead atoms. The fourth-order valence-electron chi connectivity index (χ4n) is 0.192. The lowest BCUT2D eigenvalue weighted by molar-refractivity contribution is -0.104. The molecular weight excluding hydrogens is 124 g/mol. The van der Waals surface area contributed by atoms with E-state index in [9.17, 15) is 0 Å². The maximum absolute atomic E-state index is 4.98. The molecule has 0 aliphatic rings. The Hall–Kier alpha value is -0.760. The molecule has 0 atom stereocenters. The number of nitrogens with two attached hydrogens (primary N) is 2. The first-order chi connectivity index (χ1) is 3.41. The van der Waals surface area contributed by atoms with Crippen molar-refractivity contribution in [1.29, 1.82) is 0 Å². The molecule has 0 aliphatic heterocycles. The van der Waals surface area contributed by atoms with Crippen molar-refractivity contribution >= 4 is 6.21 Å². The third-order valence-corrected chi connectivity index (χ3v) is 0.444. The topological polar surface area (TPSA) is 51.6 Å². The number of hydrogen-bond acceptors (Lipinski definition) is 1. The Labute approximate surface area is 55.0 Å². The van der Waals surface area contributed by atoms with E-state index >= 15 is 0 Å². The van der Waals surface area contributed by atoms with Crippen LogP contribution in [-0.2, 0) is 0 Å². The fourth-order valence-corrected chi connectivity index (χ4v) is 0.192. The lowest BCUT2D eigenvalue weighted by Crippen LogP contribution is -3.00. The van der Waals surface area contributed by atoms with Gasteiger partial charge in [0.2, 0.25) is 0 Å². The van der Waals surface area contributed by atoms with Crippen LogP contribution in [0.4, 0.5) is 0 Å². The minimum atomic E-state index is 0. The van der Waals surface area contributed by atoms with E-state index in [-0.39, 0.29) is 12.4 Å². The molecule has 0 spiro atoms. The van der Waals surface area contributed by atoms with Crippen LogP contribution in [0.1, 0.15) is 0 Å². The van der Waals surface area contributed by atoms with Gasteiger partial charge < -0.3 is 18.1 Å². The summed E-state index contributed by atoms with van der Waals surface area (Å²) in [6.07, 6.45) is 8.03. The molecular formula is C5H9ClN2. The van der Waals surface area contributed by atoms with Crippen LogP contribution < -0.4 is 23.5 Å². The number of halogens is 1. The molecule has 0 rings (SSSR count). The Morgan fingerprint density at radius 3 is 2.12 bits per heavy atom. The van der Waals surface area contributed by atoms with Crippen molar-refractivity contribution in [2.45, 2.75) is 0 Å². The van der Waals surface area contributed by atoms with Gasteiger partial charge in [-0.2, -0.15) is 0 Å². The molecule has 4 N–H and O–H groups in total. The molecule has 46 valence electrons. The van der Waals surface area contributed by atoms with E-state index in [1.54, 1.807) is 18.2 Å². The molecule has 0 aromatic carbocycles. The van der Waals surface area contributed by atoms with Crippen LogP contribution in [0.25, 0.3) is 0 Å². The first-order valence-electron chi connectivity index (χ1n) is 2.00. The highest BCUT2D eigenvalue weighted by Gasteiger charge is 1.57. The standard InChI is InChI=1S/C5H8N2.ClH/c6-4-2-1-3-5-7;/h1-6H,7H2;1H. The Morgan fingerprint density at radius 1 is 1.12 bits per heavy atom. The average molecular weight is 133 g/mol. The van der Waals surface area contributed by atoms with E-state index in [1.165, 1.54) is 12.4 Å². The number of hydrogen-bond donors (Lipinski definition) is 2. The minimum absolute atomic E-state index is 0. The first-order valence-corrected chi connectivity index (χ1v) is 2.00. The highest BCUT2D eigenvalue weighted by atomic mass is 35.5. The SMILES string of the molecule is NC=CC=CC=[NH2+].[Cl-]. The van der Waals surface area contributed by atoms with Gasteiger partial charge >= 0.3 is 0 Å². The molecule has 0 heterocycles. The van der Waals surface area contributed by atoms with E-state index in [0.717, 1.165) is 0 Å². The van der Waals surface area contributed by atoms with Crippen LogP contribution in [0, 0.1) is 0 Å². The zero-order chi connectivity index (χ0) is 5.54. The molecule has 0 amide bonds. The van der Waals surface area contributed by atoms with Crippen LogP contribution >= 0.6 is 0 Å². The van der Waals surface area contributed by atoms with Crippen LogP contribution in [0.5, 0.6) is 0 Å². The first kappa shape index (κ1) is 10.3. The molecule has 0 unspecified atom stereocenters. The van der Waals surface area contributed by atoms with E-state index < -0.39 is 0 Å². The Morgan fingerprint density at radius 2 is 1.75 bits per heavy atom. The predicted molar refractivity (Wildman–Crippen MR) is 30.5 cm³/mol. The molecule has 0 fully saturated rings. The van der Waals surface area contributed by atoms with Crippen LogP contribution in [0.3, 0.4) is 0 Å². The van der Waals surface area contributed by atoms with Gasteiger partial charge in [0.1, 0.15) is 0 Å². The van der Waals surface area contributed by atoms with Gasteiger partial charge in [-0.1, -0.05) is 6.08 Å². The predicted octanol–water partition coefficient (Wildman–Crippen LogP) is -4.15. The molecule has 3 heteroatoms. The smallest absolute Gasteiger partial charge is 0.160 e. The van der Waals surface area contributed by atoms with Gasteiger partial charge in [-0.3, -0.25) is 5.41 Å². The van der Waals surface area contributed by atoms with Gasteiger partial charge in [0.15, 0.2) is 6.21 Å². The molecule has 0 radical (unpaired) electrons. The lowest BCUT2D eigenvalue weighted by atomic mass is 10.5. The summed E-state index contributed by atoms with van der Waals surface area (Å²) in [6.45, 7) is 0. The van der Waals surface area contributed by atoms with Gasteiger partial charge in [-0.05, 0) is 12.3 Å². The third-order valence-electron chi connectivity index (χ3n) is 0.444. The van der Waals surface area contributed by atoms with Crippen molar-refractivity contribution in [2.75, 3.05) is 0 Å². The summed E-state index contributed by atoms with van der Waals surface area (Å²) in [5, 5.41) is 4.98. The van der Waals surface area contributed by atoms with Crippen LogP contribution in [-0.4, -0.2) is 6.21 Å². The van der Waals surface area contributed by atoms with Crippen LogP contribution in [0.2, 0.25) is 0 Å². The lowest BCUT2D eigenvalue weighted by Gasteiger charge is -1.63. The van der Waals surface area contributed by atoms with Crippen molar-refractivity contribution in [1.82, 2.24) is 0 Å².